The maximum Gasteiger partial charge on any atom is 0.417 e. The number of alkyl halides is 3. The average molecular weight is 245 g/mol. The van der Waals surface area contributed by atoms with Gasteiger partial charge in [-0.05, 0) is 31.9 Å². The largest absolute Gasteiger partial charge is 0.417 e. The van der Waals surface area contributed by atoms with Gasteiger partial charge in [0.25, 0.3) is 0 Å². The fourth-order valence-electron chi connectivity index (χ4n) is 1.30. The van der Waals surface area contributed by atoms with Crippen molar-refractivity contribution in [2.45, 2.75) is 32.0 Å². The van der Waals surface area contributed by atoms with Crippen LogP contribution in [0.25, 0.3) is 0 Å². The molecule has 0 aliphatic rings. The van der Waals surface area contributed by atoms with Gasteiger partial charge in [0.15, 0.2) is 0 Å². The minimum atomic E-state index is -4.39. The van der Waals surface area contributed by atoms with E-state index in [1.165, 1.54) is 6.07 Å². The molecule has 0 aliphatic carbocycles. The zero-order chi connectivity index (χ0) is 13.1. The van der Waals surface area contributed by atoms with Gasteiger partial charge in [0, 0.05) is 6.20 Å². The average Bonchev–Trinajstić information content (AvgIpc) is 2.25. The van der Waals surface area contributed by atoms with Gasteiger partial charge in [0.1, 0.15) is 0 Å². The molecule has 2 nitrogen and oxygen atoms in total. The number of hydrogen-bond donors (Lipinski definition) is 1. The minimum Gasteiger partial charge on any atom is -0.387 e. The first-order chi connectivity index (χ1) is 7.80. The Hall–Kier alpha value is -1.36. The van der Waals surface area contributed by atoms with Gasteiger partial charge in [-0.3, -0.25) is 4.98 Å². The number of rotatable bonds is 4. The SMILES string of the molecule is C=C(C)CCC(O)c1ccc(C(F)(F)F)cn1. The van der Waals surface area contributed by atoms with Crippen molar-refractivity contribution in [1.29, 1.82) is 0 Å². The Labute approximate surface area is 97.8 Å². The van der Waals surface area contributed by atoms with Crippen LogP contribution in [0.2, 0.25) is 0 Å². The van der Waals surface area contributed by atoms with E-state index in [-0.39, 0.29) is 5.69 Å². The lowest BCUT2D eigenvalue weighted by Crippen LogP contribution is -2.07. The molecule has 1 unspecified atom stereocenters. The Balaban J connectivity index is 2.70. The van der Waals surface area contributed by atoms with E-state index >= 15 is 0 Å². The standard InChI is InChI=1S/C12H14F3NO/c1-8(2)3-6-11(17)10-5-4-9(7-16-10)12(13,14)15/h4-5,7,11,17H,1,3,6H2,2H3. The lowest BCUT2D eigenvalue weighted by Gasteiger charge is -2.11. The van der Waals surface area contributed by atoms with Gasteiger partial charge >= 0.3 is 6.18 Å². The van der Waals surface area contributed by atoms with Crippen LogP contribution < -0.4 is 0 Å². The zero-order valence-electron chi connectivity index (χ0n) is 9.46. The molecule has 0 radical (unpaired) electrons. The van der Waals surface area contributed by atoms with E-state index in [1.807, 2.05) is 6.92 Å². The fourth-order valence-corrected chi connectivity index (χ4v) is 1.30. The van der Waals surface area contributed by atoms with E-state index in [0.29, 0.717) is 12.8 Å². The van der Waals surface area contributed by atoms with Crippen molar-refractivity contribution in [3.63, 3.8) is 0 Å². The molecule has 94 valence electrons. The van der Waals surface area contributed by atoms with Gasteiger partial charge < -0.3 is 5.11 Å². The molecular formula is C12H14F3NO. The maximum absolute atomic E-state index is 12.3. The molecule has 1 aromatic heterocycles. The first-order valence-electron chi connectivity index (χ1n) is 5.16. The summed E-state index contributed by atoms with van der Waals surface area (Å²) in [6, 6.07) is 2.12. The predicted octanol–water partition coefficient (Wildman–Crippen LogP) is 3.49. The van der Waals surface area contributed by atoms with Gasteiger partial charge in [-0.25, -0.2) is 0 Å². The molecule has 1 N–H and O–H groups in total. The molecule has 0 aliphatic heterocycles. The topological polar surface area (TPSA) is 33.1 Å². The Kier molecular flexibility index (Phi) is 4.28. The molecule has 5 heteroatoms. The molecule has 0 saturated carbocycles. The smallest absolute Gasteiger partial charge is 0.387 e. The summed E-state index contributed by atoms with van der Waals surface area (Å²) in [6.07, 6.45) is -3.49. The van der Waals surface area contributed by atoms with E-state index < -0.39 is 17.8 Å². The molecule has 17 heavy (non-hydrogen) atoms. The summed E-state index contributed by atoms with van der Waals surface area (Å²) in [6.45, 7) is 5.51. The zero-order valence-corrected chi connectivity index (χ0v) is 9.46. The van der Waals surface area contributed by atoms with Gasteiger partial charge in [-0.2, -0.15) is 13.2 Å². The second-order valence-electron chi connectivity index (χ2n) is 3.98. The minimum absolute atomic E-state index is 0.249. The van der Waals surface area contributed by atoms with E-state index in [1.54, 1.807) is 0 Å². The first-order valence-corrected chi connectivity index (χ1v) is 5.16. The molecule has 1 aromatic rings. The highest BCUT2D eigenvalue weighted by Crippen LogP contribution is 2.29. The number of nitrogens with zero attached hydrogens (tertiary/aromatic N) is 1. The number of pyridine rings is 1. The maximum atomic E-state index is 12.3. The number of hydrogen-bond acceptors (Lipinski definition) is 2. The van der Waals surface area contributed by atoms with Crippen LogP contribution in [-0.2, 0) is 6.18 Å². The third-order valence-electron chi connectivity index (χ3n) is 2.30. The van der Waals surface area contributed by atoms with Crippen LogP contribution in [-0.4, -0.2) is 10.1 Å². The molecular weight excluding hydrogens is 231 g/mol. The lowest BCUT2D eigenvalue weighted by molar-refractivity contribution is -0.137. The summed E-state index contributed by atoms with van der Waals surface area (Å²) in [5.41, 5.74) is 0.351. The van der Waals surface area contributed by atoms with Crippen LogP contribution in [0.5, 0.6) is 0 Å². The summed E-state index contributed by atoms with van der Waals surface area (Å²) >= 11 is 0. The molecule has 1 heterocycles. The van der Waals surface area contributed by atoms with E-state index in [9.17, 15) is 18.3 Å². The van der Waals surface area contributed by atoms with Crippen molar-refractivity contribution in [3.8, 4) is 0 Å². The summed E-state index contributed by atoms with van der Waals surface area (Å²) < 4.78 is 36.8. The normalized spacial score (nSPS) is 13.5. The van der Waals surface area contributed by atoms with E-state index in [2.05, 4.69) is 11.6 Å². The quantitative estimate of drug-likeness (QED) is 0.824. The molecule has 1 rings (SSSR count). The number of aromatic nitrogens is 1. The van der Waals surface area contributed by atoms with E-state index in [4.69, 9.17) is 0 Å². The second kappa shape index (κ2) is 5.31. The highest BCUT2D eigenvalue weighted by atomic mass is 19.4. The molecule has 0 spiro atoms. The van der Waals surface area contributed by atoms with E-state index in [0.717, 1.165) is 17.8 Å². The molecule has 0 aromatic carbocycles. The monoisotopic (exact) mass is 245 g/mol. The molecule has 0 saturated heterocycles. The Morgan fingerprint density at radius 2 is 2.12 bits per heavy atom. The summed E-state index contributed by atoms with van der Waals surface area (Å²) in [4.78, 5) is 3.62. The summed E-state index contributed by atoms with van der Waals surface area (Å²) in [7, 11) is 0. The Bertz CT molecular complexity index is 384. The second-order valence-corrected chi connectivity index (χ2v) is 3.98. The Morgan fingerprint density at radius 1 is 1.47 bits per heavy atom. The highest BCUT2D eigenvalue weighted by molar-refractivity contribution is 5.18. The van der Waals surface area contributed by atoms with Crippen LogP contribution in [0.3, 0.4) is 0 Å². The highest BCUT2D eigenvalue weighted by Gasteiger charge is 2.30. The van der Waals surface area contributed by atoms with Crippen molar-refractivity contribution in [2.24, 2.45) is 0 Å². The van der Waals surface area contributed by atoms with Crippen LogP contribution in [0.1, 0.15) is 37.1 Å². The third kappa shape index (κ3) is 4.19. The molecule has 0 fully saturated rings. The number of aliphatic hydroxyl groups is 1. The Morgan fingerprint density at radius 3 is 2.53 bits per heavy atom. The number of aliphatic hydroxyl groups excluding tert-OH is 1. The fraction of sp³-hybridized carbons (Fsp3) is 0.417. The number of halogens is 3. The van der Waals surface area contributed by atoms with Gasteiger partial charge in [0.2, 0.25) is 0 Å². The molecule has 0 amide bonds. The predicted molar refractivity (Wildman–Crippen MR) is 58.2 cm³/mol. The van der Waals surface area contributed by atoms with Crippen LogP contribution >= 0.6 is 0 Å². The summed E-state index contributed by atoms with van der Waals surface area (Å²) in [5, 5.41) is 9.68. The lowest BCUT2D eigenvalue weighted by atomic mass is 10.1. The van der Waals surface area contributed by atoms with Gasteiger partial charge in [-0.1, -0.05) is 5.57 Å². The number of allylic oxidation sites excluding steroid dienone is 1. The van der Waals surface area contributed by atoms with Crippen molar-refractivity contribution in [1.82, 2.24) is 4.98 Å². The van der Waals surface area contributed by atoms with Crippen molar-refractivity contribution < 1.29 is 18.3 Å². The van der Waals surface area contributed by atoms with Gasteiger partial charge in [0.05, 0.1) is 17.4 Å². The van der Waals surface area contributed by atoms with Crippen LogP contribution in [0, 0.1) is 0 Å². The third-order valence-corrected chi connectivity index (χ3v) is 2.30. The van der Waals surface area contributed by atoms with Crippen LogP contribution in [0.15, 0.2) is 30.5 Å². The van der Waals surface area contributed by atoms with Crippen molar-refractivity contribution >= 4 is 0 Å². The van der Waals surface area contributed by atoms with Crippen molar-refractivity contribution in [3.05, 3.63) is 41.7 Å². The summed E-state index contributed by atoms with van der Waals surface area (Å²) in [5.74, 6) is 0. The molecule has 0 bridgehead atoms. The van der Waals surface area contributed by atoms with Crippen molar-refractivity contribution in [2.75, 3.05) is 0 Å². The molecule has 1 atom stereocenters. The first kappa shape index (κ1) is 13.7. The van der Waals surface area contributed by atoms with Gasteiger partial charge in [-0.15, -0.1) is 6.58 Å². The van der Waals surface area contributed by atoms with Crippen LogP contribution in [0.4, 0.5) is 13.2 Å².